The predicted molar refractivity (Wildman–Crippen MR) is 60.7 cm³/mol. The molecule has 1 aliphatic heterocycles. The first-order valence-electron chi connectivity index (χ1n) is 5.71. The van der Waals surface area contributed by atoms with Crippen molar-refractivity contribution in [1.82, 2.24) is 4.31 Å². The van der Waals surface area contributed by atoms with E-state index >= 15 is 0 Å². The fourth-order valence-electron chi connectivity index (χ4n) is 1.93. The molecule has 1 aliphatic rings. The molecule has 0 radical (unpaired) electrons. The molecule has 94 valence electrons. The Morgan fingerprint density at radius 1 is 1.44 bits per heavy atom. The second kappa shape index (κ2) is 5.63. The van der Waals surface area contributed by atoms with Gasteiger partial charge >= 0.3 is 5.97 Å². The summed E-state index contributed by atoms with van der Waals surface area (Å²) >= 11 is 0. The number of carboxylic acid groups (broad SMARTS) is 1. The lowest BCUT2D eigenvalue weighted by atomic mass is 10.1. The summed E-state index contributed by atoms with van der Waals surface area (Å²) in [7, 11) is -3.39. The average molecular weight is 249 g/mol. The Bertz CT molecular complexity index is 339. The largest absolute Gasteiger partial charge is 0.480 e. The van der Waals surface area contributed by atoms with E-state index < -0.39 is 22.0 Å². The van der Waals surface area contributed by atoms with E-state index in [-0.39, 0.29) is 5.75 Å². The highest BCUT2D eigenvalue weighted by molar-refractivity contribution is 7.89. The quantitative estimate of drug-likeness (QED) is 0.790. The summed E-state index contributed by atoms with van der Waals surface area (Å²) in [5.41, 5.74) is 0. The van der Waals surface area contributed by atoms with Gasteiger partial charge in [0.25, 0.3) is 0 Å². The number of rotatable bonds is 5. The Morgan fingerprint density at radius 3 is 2.69 bits per heavy atom. The minimum absolute atomic E-state index is 0.0628. The number of nitrogens with zero attached hydrogens (tertiary/aromatic N) is 1. The standard InChI is InChI=1S/C10H19NO4S/c1-2-3-8-16(14,15)11-7-5-4-6-9(11)10(12)13/h9H,2-8H2,1H3,(H,12,13)/t9-/m0/s1. The van der Waals surface area contributed by atoms with Crippen LogP contribution in [0.25, 0.3) is 0 Å². The summed E-state index contributed by atoms with van der Waals surface area (Å²) in [4.78, 5) is 11.0. The zero-order valence-corrected chi connectivity index (χ0v) is 10.4. The van der Waals surface area contributed by atoms with Crippen LogP contribution in [0.1, 0.15) is 39.0 Å². The van der Waals surface area contributed by atoms with E-state index in [4.69, 9.17) is 5.11 Å². The fourth-order valence-corrected chi connectivity index (χ4v) is 3.81. The summed E-state index contributed by atoms with van der Waals surface area (Å²) in [5.74, 6) is -0.965. The minimum atomic E-state index is -3.39. The lowest BCUT2D eigenvalue weighted by Crippen LogP contribution is -2.48. The number of carboxylic acids is 1. The van der Waals surface area contributed by atoms with Crippen LogP contribution in [0.15, 0.2) is 0 Å². The number of aliphatic carboxylic acids is 1. The number of sulfonamides is 1. The molecule has 6 heteroatoms. The molecule has 0 amide bonds. The smallest absolute Gasteiger partial charge is 0.322 e. The van der Waals surface area contributed by atoms with Crippen molar-refractivity contribution in [3.05, 3.63) is 0 Å². The molecule has 1 rings (SSSR count). The zero-order valence-electron chi connectivity index (χ0n) is 9.55. The topological polar surface area (TPSA) is 74.7 Å². The molecule has 0 saturated carbocycles. The van der Waals surface area contributed by atoms with Crippen molar-refractivity contribution in [2.45, 2.75) is 45.1 Å². The Kier molecular flexibility index (Phi) is 4.73. The summed E-state index contributed by atoms with van der Waals surface area (Å²) < 4.78 is 25.0. The van der Waals surface area contributed by atoms with E-state index in [1.54, 1.807) is 0 Å². The van der Waals surface area contributed by atoms with Gasteiger partial charge in [-0.25, -0.2) is 8.42 Å². The van der Waals surface area contributed by atoms with Crippen LogP contribution in [-0.2, 0) is 14.8 Å². The second-order valence-electron chi connectivity index (χ2n) is 4.13. The summed E-state index contributed by atoms with van der Waals surface area (Å²) in [5, 5.41) is 8.99. The van der Waals surface area contributed by atoms with E-state index in [1.807, 2.05) is 6.92 Å². The molecule has 0 aromatic carbocycles. The monoisotopic (exact) mass is 249 g/mol. The van der Waals surface area contributed by atoms with Gasteiger partial charge in [-0.1, -0.05) is 13.3 Å². The normalized spacial score (nSPS) is 23.2. The number of piperidine rings is 1. The lowest BCUT2D eigenvalue weighted by molar-refractivity contribution is -0.142. The molecule has 16 heavy (non-hydrogen) atoms. The SMILES string of the molecule is CCCCS(=O)(=O)N1CCCC[C@H]1C(=O)O. The van der Waals surface area contributed by atoms with Gasteiger partial charge in [0.2, 0.25) is 10.0 Å². The van der Waals surface area contributed by atoms with E-state index in [0.717, 1.165) is 19.3 Å². The van der Waals surface area contributed by atoms with Crippen LogP contribution in [0.3, 0.4) is 0 Å². The first-order chi connectivity index (χ1) is 7.49. The van der Waals surface area contributed by atoms with Crippen molar-refractivity contribution in [2.75, 3.05) is 12.3 Å². The third-order valence-electron chi connectivity index (χ3n) is 2.85. The van der Waals surface area contributed by atoms with Crippen molar-refractivity contribution in [1.29, 1.82) is 0 Å². The zero-order chi connectivity index (χ0) is 12.2. The predicted octanol–water partition coefficient (Wildman–Crippen LogP) is 1.06. The number of hydrogen-bond acceptors (Lipinski definition) is 3. The van der Waals surface area contributed by atoms with E-state index in [9.17, 15) is 13.2 Å². The molecule has 1 atom stereocenters. The van der Waals surface area contributed by atoms with Gasteiger partial charge in [0.15, 0.2) is 0 Å². The minimum Gasteiger partial charge on any atom is -0.480 e. The number of carbonyl (C=O) groups is 1. The number of unbranched alkanes of at least 4 members (excludes halogenated alkanes) is 1. The van der Waals surface area contributed by atoms with Gasteiger partial charge in [0.1, 0.15) is 6.04 Å². The number of hydrogen-bond donors (Lipinski definition) is 1. The highest BCUT2D eigenvalue weighted by Crippen LogP contribution is 2.21. The van der Waals surface area contributed by atoms with Crippen molar-refractivity contribution >= 4 is 16.0 Å². The molecule has 0 aliphatic carbocycles. The van der Waals surface area contributed by atoms with Gasteiger partial charge in [-0.2, -0.15) is 4.31 Å². The average Bonchev–Trinajstić information content (AvgIpc) is 2.26. The van der Waals surface area contributed by atoms with Crippen LogP contribution in [-0.4, -0.2) is 42.1 Å². The molecule has 1 saturated heterocycles. The van der Waals surface area contributed by atoms with Gasteiger partial charge in [-0.3, -0.25) is 4.79 Å². The lowest BCUT2D eigenvalue weighted by Gasteiger charge is -2.31. The van der Waals surface area contributed by atoms with Crippen LogP contribution in [0.5, 0.6) is 0 Å². The van der Waals surface area contributed by atoms with Crippen LogP contribution < -0.4 is 0 Å². The van der Waals surface area contributed by atoms with Crippen LogP contribution in [0.4, 0.5) is 0 Å². The van der Waals surface area contributed by atoms with Crippen LogP contribution in [0.2, 0.25) is 0 Å². The van der Waals surface area contributed by atoms with Gasteiger partial charge < -0.3 is 5.11 Å². The van der Waals surface area contributed by atoms with Gasteiger partial charge in [0, 0.05) is 6.54 Å². The summed E-state index contributed by atoms with van der Waals surface area (Å²) in [6.07, 6.45) is 3.36. The first-order valence-corrected chi connectivity index (χ1v) is 7.32. The Morgan fingerprint density at radius 2 is 2.12 bits per heavy atom. The van der Waals surface area contributed by atoms with E-state index in [0.29, 0.717) is 19.4 Å². The Hall–Kier alpha value is -0.620. The Balaban J connectivity index is 2.78. The summed E-state index contributed by atoms with van der Waals surface area (Å²) in [6, 6.07) is -0.851. The molecule has 0 aromatic heterocycles. The van der Waals surface area contributed by atoms with Gasteiger partial charge in [-0.05, 0) is 25.7 Å². The van der Waals surface area contributed by atoms with Crippen LogP contribution >= 0.6 is 0 Å². The molecule has 0 aromatic rings. The third kappa shape index (κ3) is 3.18. The molecule has 1 fully saturated rings. The molecule has 1 N–H and O–H groups in total. The Labute approximate surface area is 96.5 Å². The van der Waals surface area contributed by atoms with Crippen molar-refractivity contribution in [2.24, 2.45) is 0 Å². The van der Waals surface area contributed by atoms with E-state index in [1.165, 1.54) is 4.31 Å². The van der Waals surface area contributed by atoms with Gasteiger partial charge in [0.05, 0.1) is 5.75 Å². The molecular formula is C10H19NO4S. The van der Waals surface area contributed by atoms with Crippen LogP contribution in [0, 0.1) is 0 Å². The van der Waals surface area contributed by atoms with Gasteiger partial charge in [-0.15, -0.1) is 0 Å². The van der Waals surface area contributed by atoms with Crippen molar-refractivity contribution < 1.29 is 18.3 Å². The van der Waals surface area contributed by atoms with Crippen molar-refractivity contribution in [3.8, 4) is 0 Å². The first kappa shape index (κ1) is 13.4. The maximum Gasteiger partial charge on any atom is 0.322 e. The van der Waals surface area contributed by atoms with Crippen molar-refractivity contribution in [3.63, 3.8) is 0 Å². The molecule has 0 spiro atoms. The maximum absolute atomic E-state index is 11.9. The van der Waals surface area contributed by atoms with E-state index in [2.05, 4.69) is 0 Å². The molecular weight excluding hydrogens is 230 g/mol. The third-order valence-corrected chi connectivity index (χ3v) is 4.81. The molecule has 0 unspecified atom stereocenters. The fraction of sp³-hybridized carbons (Fsp3) is 0.900. The highest BCUT2D eigenvalue weighted by atomic mass is 32.2. The summed E-state index contributed by atoms with van der Waals surface area (Å²) in [6.45, 7) is 2.27. The molecule has 0 bridgehead atoms. The maximum atomic E-state index is 11.9. The highest BCUT2D eigenvalue weighted by Gasteiger charge is 2.35. The molecule has 1 heterocycles. The molecule has 5 nitrogen and oxygen atoms in total. The second-order valence-corrected chi connectivity index (χ2v) is 6.17.